The van der Waals surface area contributed by atoms with Gasteiger partial charge in [-0.15, -0.1) is 0 Å². The minimum atomic E-state index is -0.287. The summed E-state index contributed by atoms with van der Waals surface area (Å²) in [4.78, 5) is 18.1. The van der Waals surface area contributed by atoms with Crippen LogP contribution >= 0.6 is 0 Å². The number of carbonyl (C=O) groups is 1. The van der Waals surface area contributed by atoms with Crippen LogP contribution in [0.1, 0.15) is 62.1 Å². The molecule has 29 heavy (non-hydrogen) atoms. The van der Waals surface area contributed by atoms with E-state index in [4.69, 9.17) is 4.42 Å². The van der Waals surface area contributed by atoms with Crippen LogP contribution in [0.25, 0.3) is 11.3 Å². The van der Waals surface area contributed by atoms with Crippen molar-refractivity contribution in [1.82, 2.24) is 9.80 Å². The van der Waals surface area contributed by atoms with Crippen molar-refractivity contribution in [3.05, 3.63) is 47.7 Å². The molecule has 2 bridgehead atoms. The second-order valence-corrected chi connectivity index (χ2v) is 8.36. The number of hydrogen-bond donors (Lipinski definition) is 1. The van der Waals surface area contributed by atoms with E-state index in [-0.39, 0.29) is 24.1 Å². The molecule has 2 aliphatic rings. The lowest BCUT2D eigenvalue weighted by atomic mass is 9.82. The molecule has 1 unspecified atom stereocenters. The molecule has 0 radical (unpaired) electrons. The lowest BCUT2D eigenvalue weighted by Gasteiger charge is -2.47. The number of carbonyl (C=O) groups excluding carboxylic acids is 1. The van der Waals surface area contributed by atoms with Crippen LogP contribution in [0.5, 0.6) is 0 Å². The molecule has 2 aromatic rings. The van der Waals surface area contributed by atoms with Gasteiger partial charge >= 0.3 is 0 Å². The molecule has 0 saturated carbocycles. The van der Waals surface area contributed by atoms with Gasteiger partial charge in [-0.2, -0.15) is 0 Å². The lowest BCUT2D eigenvalue weighted by Crippen LogP contribution is -2.55. The highest BCUT2D eigenvalue weighted by molar-refractivity contribution is 6.00. The Kier molecular flexibility index (Phi) is 6.07. The van der Waals surface area contributed by atoms with Crippen molar-refractivity contribution in [3.63, 3.8) is 0 Å². The van der Waals surface area contributed by atoms with E-state index in [1.807, 2.05) is 36.4 Å². The molecular weight excluding hydrogens is 364 g/mol. The van der Waals surface area contributed by atoms with E-state index in [9.17, 15) is 9.90 Å². The Morgan fingerprint density at radius 1 is 1.14 bits per heavy atom. The summed E-state index contributed by atoms with van der Waals surface area (Å²) in [5, 5.41) is 10.2. The standard InChI is InChI=1S/C24H32N2O3/c1-3-25(4-2)16-21-15-22(23(29-21)17-9-6-5-7-10-17)24(28)26-18-11-8-12-19(26)14-20(27)13-18/h5-7,9-10,15,18-20,27H,3-4,8,11-14,16H2,1-2H3/t18-,19+,20?. The second kappa shape index (κ2) is 8.72. The van der Waals surface area contributed by atoms with Gasteiger partial charge in [0.15, 0.2) is 0 Å². The van der Waals surface area contributed by atoms with E-state index in [2.05, 4.69) is 23.6 Å². The topological polar surface area (TPSA) is 56.9 Å². The largest absolute Gasteiger partial charge is 0.459 e. The third-order valence-electron chi connectivity index (χ3n) is 6.51. The number of aliphatic hydroxyl groups excluding tert-OH is 1. The van der Waals surface area contributed by atoms with Gasteiger partial charge in [0.05, 0.1) is 18.2 Å². The molecule has 2 fully saturated rings. The Balaban J connectivity index is 1.69. The molecule has 0 aliphatic carbocycles. The van der Waals surface area contributed by atoms with E-state index < -0.39 is 0 Å². The first kappa shape index (κ1) is 20.2. The highest BCUT2D eigenvalue weighted by Gasteiger charge is 2.41. The van der Waals surface area contributed by atoms with E-state index in [1.54, 1.807) is 0 Å². The molecule has 0 spiro atoms. The Bertz CT molecular complexity index is 814. The van der Waals surface area contributed by atoms with Gasteiger partial charge in [0.1, 0.15) is 11.5 Å². The predicted octanol–water partition coefficient (Wildman–Crippen LogP) is 4.31. The summed E-state index contributed by atoms with van der Waals surface area (Å²) in [6.45, 7) is 6.85. The third kappa shape index (κ3) is 4.12. The van der Waals surface area contributed by atoms with Crippen LogP contribution in [0.4, 0.5) is 0 Å². The minimum absolute atomic E-state index is 0.0556. The van der Waals surface area contributed by atoms with Crippen LogP contribution in [0.15, 0.2) is 40.8 Å². The molecule has 2 saturated heterocycles. The second-order valence-electron chi connectivity index (χ2n) is 8.36. The fraction of sp³-hybridized carbons (Fsp3) is 0.542. The lowest BCUT2D eigenvalue weighted by molar-refractivity contribution is -0.0150. The van der Waals surface area contributed by atoms with E-state index in [1.165, 1.54) is 0 Å². The van der Waals surface area contributed by atoms with Crippen molar-refractivity contribution in [1.29, 1.82) is 0 Å². The molecule has 1 amide bonds. The average molecular weight is 397 g/mol. The summed E-state index contributed by atoms with van der Waals surface area (Å²) < 4.78 is 6.25. The van der Waals surface area contributed by atoms with Crippen LogP contribution in [0.2, 0.25) is 0 Å². The Morgan fingerprint density at radius 2 is 1.79 bits per heavy atom. The predicted molar refractivity (Wildman–Crippen MR) is 114 cm³/mol. The van der Waals surface area contributed by atoms with Crippen LogP contribution in [0, 0.1) is 0 Å². The molecule has 2 aliphatic heterocycles. The number of piperidine rings is 2. The van der Waals surface area contributed by atoms with Crippen molar-refractivity contribution in [2.75, 3.05) is 13.1 Å². The van der Waals surface area contributed by atoms with Gasteiger partial charge in [-0.05, 0) is 51.3 Å². The quantitative estimate of drug-likeness (QED) is 0.791. The summed E-state index contributed by atoms with van der Waals surface area (Å²) in [6, 6.07) is 12.1. The molecule has 3 atom stereocenters. The van der Waals surface area contributed by atoms with Crippen molar-refractivity contribution in [2.45, 2.75) is 70.7 Å². The van der Waals surface area contributed by atoms with E-state index in [0.29, 0.717) is 30.7 Å². The number of amides is 1. The normalized spacial score (nSPS) is 24.1. The first-order valence-corrected chi connectivity index (χ1v) is 11.0. The molecule has 1 N–H and O–H groups in total. The molecule has 5 nitrogen and oxygen atoms in total. The molecule has 1 aromatic heterocycles. The number of benzene rings is 1. The first-order valence-electron chi connectivity index (χ1n) is 11.0. The van der Waals surface area contributed by atoms with Crippen LogP contribution in [-0.4, -0.2) is 52.1 Å². The molecule has 4 rings (SSSR count). The molecular formula is C24H32N2O3. The van der Waals surface area contributed by atoms with Crippen LogP contribution in [-0.2, 0) is 6.54 Å². The fourth-order valence-corrected chi connectivity index (χ4v) is 4.97. The van der Waals surface area contributed by atoms with Gasteiger partial charge in [0, 0.05) is 17.6 Å². The number of fused-ring (bicyclic) bond motifs is 2. The van der Waals surface area contributed by atoms with Crippen molar-refractivity contribution < 1.29 is 14.3 Å². The Labute approximate surface area is 173 Å². The maximum Gasteiger partial charge on any atom is 0.258 e. The van der Waals surface area contributed by atoms with Gasteiger partial charge in [-0.3, -0.25) is 9.69 Å². The van der Waals surface area contributed by atoms with Crippen molar-refractivity contribution in [3.8, 4) is 11.3 Å². The van der Waals surface area contributed by atoms with Gasteiger partial charge in [-0.25, -0.2) is 0 Å². The average Bonchev–Trinajstić information content (AvgIpc) is 3.15. The number of furan rings is 1. The Hall–Kier alpha value is -2.11. The zero-order valence-corrected chi connectivity index (χ0v) is 17.5. The number of nitrogens with zero attached hydrogens (tertiary/aromatic N) is 2. The number of rotatable bonds is 6. The SMILES string of the molecule is CCN(CC)Cc1cc(C(=O)N2[C@@H]3CCC[C@H]2CC(O)C3)c(-c2ccccc2)o1. The highest BCUT2D eigenvalue weighted by atomic mass is 16.3. The number of aliphatic hydroxyl groups is 1. The van der Waals surface area contributed by atoms with Gasteiger partial charge < -0.3 is 14.4 Å². The van der Waals surface area contributed by atoms with Crippen LogP contribution in [0.3, 0.4) is 0 Å². The maximum absolute atomic E-state index is 13.7. The fourth-order valence-electron chi connectivity index (χ4n) is 4.97. The zero-order valence-electron chi connectivity index (χ0n) is 17.5. The summed E-state index contributed by atoms with van der Waals surface area (Å²) in [5.41, 5.74) is 1.59. The smallest absolute Gasteiger partial charge is 0.258 e. The molecule has 3 heterocycles. The third-order valence-corrected chi connectivity index (χ3v) is 6.51. The Morgan fingerprint density at radius 3 is 2.41 bits per heavy atom. The maximum atomic E-state index is 13.7. The highest BCUT2D eigenvalue weighted by Crippen LogP contribution is 2.37. The minimum Gasteiger partial charge on any atom is -0.459 e. The van der Waals surface area contributed by atoms with Gasteiger partial charge in [0.25, 0.3) is 5.91 Å². The first-order chi connectivity index (χ1) is 14.1. The summed E-state index contributed by atoms with van der Waals surface area (Å²) >= 11 is 0. The van der Waals surface area contributed by atoms with Crippen molar-refractivity contribution >= 4 is 5.91 Å². The van der Waals surface area contributed by atoms with Gasteiger partial charge in [-0.1, -0.05) is 44.2 Å². The van der Waals surface area contributed by atoms with Crippen molar-refractivity contribution in [2.24, 2.45) is 0 Å². The zero-order chi connectivity index (χ0) is 20.4. The molecule has 156 valence electrons. The molecule has 5 heteroatoms. The van der Waals surface area contributed by atoms with Gasteiger partial charge in [0.2, 0.25) is 0 Å². The molecule has 1 aromatic carbocycles. The van der Waals surface area contributed by atoms with Crippen LogP contribution < -0.4 is 0 Å². The summed E-state index contributed by atoms with van der Waals surface area (Å²) in [6.07, 6.45) is 4.18. The van der Waals surface area contributed by atoms with E-state index in [0.717, 1.165) is 43.7 Å². The monoisotopic (exact) mass is 396 g/mol. The summed E-state index contributed by atoms with van der Waals surface area (Å²) in [7, 11) is 0. The number of hydrogen-bond acceptors (Lipinski definition) is 4. The summed E-state index contributed by atoms with van der Waals surface area (Å²) in [5.74, 6) is 1.56. The van der Waals surface area contributed by atoms with E-state index >= 15 is 0 Å².